The highest BCUT2D eigenvalue weighted by Crippen LogP contribution is 2.32. The number of hydrogen-bond acceptors (Lipinski definition) is 3. The van der Waals surface area contributed by atoms with Gasteiger partial charge in [0.25, 0.3) is 5.91 Å². The third-order valence-electron chi connectivity index (χ3n) is 4.71. The van der Waals surface area contributed by atoms with E-state index in [4.69, 9.17) is 20.8 Å². The van der Waals surface area contributed by atoms with Crippen molar-refractivity contribution < 1.29 is 18.3 Å². The van der Waals surface area contributed by atoms with Crippen molar-refractivity contribution in [3.8, 4) is 0 Å². The lowest BCUT2D eigenvalue weighted by molar-refractivity contribution is -0.0237. The van der Waals surface area contributed by atoms with Crippen molar-refractivity contribution in [2.24, 2.45) is 0 Å². The molecule has 3 aromatic rings. The van der Waals surface area contributed by atoms with Crippen LogP contribution in [0.25, 0.3) is 11.0 Å². The second-order valence-electron chi connectivity index (χ2n) is 6.33. The van der Waals surface area contributed by atoms with Crippen molar-refractivity contribution in [2.75, 3.05) is 19.7 Å². The number of ether oxygens (including phenoxy) is 1. The van der Waals surface area contributed by atoms with Gasteiger partial charge < -0.3 is 14.1 Å². The quantitative estimate of drug-likeness (QED) is 0.651. The minimum atomic E-state index is -0.299. The number of nitrogens with zero attached hydrogens (tertiary/aromatic N) is 1. The van der Waals surface area contributed by atoms with Crippen LogP contribution in [0.1, 0.15) is 27.8 Å². The van der Waals surface area contributed by atoms with Gasteiger partial charge in [0.15, 0.2) is 11.3 Å². The summed E-state index contributed by atoms with van der Waals surface area (Å²) in [6, 6.07) is 11.6. The average Bonchev–Trinajstić information content (AvgIpc) is 3.00. The van der Waals surface area contributed by atoms with Crippen LogP contribution in [-0.4, -0.2) is 30.5 Å². The Morgan fingerprint density at radius 1 is 1.23 bits per heavy atom. The first-order valence-corrected chi connectivity index (χ1v) is 8.76. The molecule has 134 valence electrons. The molecule has 1 aliphatic rings. The van der Waals surface area contributed by atoms with Crippen molar-refractivity contribution in [3.05, 3.63) is 70.2 Å². The summed E-state index contributed by atoms with van der Waals surface area (Å²) in [7, 11) is 0. The first kappa shape index (κ1) is 17.1. The third kappa shape index (κ3) is 2.97. The maximum absolute atomic E-state index is 13.1. The Kier molecular flexibility index (Phi) is 4.42. The van der Waals surface area contributed by atoms with E-state index in [0.717, 1.165) is 16.5 Å². The SMILES string of the molecule is Cc1c(C(=O)N2CCOC(c3ccc(F)cc3)C2)oc2c(Cl)cccc12. The Hall–Kier alpha value is -2.37. The fourth-order valence-corrected chi connectivity index (χ4v) is 3.48. The molecular formula is C20H17ClFNO3. The molecule has 1 aliphatic heterocycles. The lowest BCUT2D eigenvalue weighted by Gasteiger charge is -2.32. The summed E-state index contributed by atoms with van der Waals surface area (Å²) in [6.07, 6.45) is -0.290. The van der Waals surface area contributed by atoms with Crippen molar-refractivity contribution in [3.63, 3.8) is 0 Å². The minimum Gasteiger partial charge on any atom is -0.449 e. The van der Waals surface area contributed by atoms with E-state index >= 15 is 0 Å². The number of aryl methyl sites for hydroxylation is 1. The summed E-state index contributed by atoms with van der Waals surface area (Å²) >= 11 is 6.18. The summed E-state index contributed by atoms with van der Waals surface area (Å²) in [6.45, 7) is 3.12. The molecule has 1 saturated heterocycles. The van der Waals surface area contributed by atoms with E-state index in [9.17, 15) is 9.18 Å². The molecule has 4 rings (SSSR count). The summed E-state index contributed by atoms with van der Waals surface area (Å²) < 4.78 is 24.7. The zero-order valence-electron chi connectivity index (χ0n) is 14.2. The van der Waals surface area contributed by atoms with Crippen molar-refractivity contribution in [2.45, 2.75) is 13.0 Å². The molecule has 0 spiro atoms. The van der Waals surface area contributed by atoms with Gasteiger partial charge in [0.1, 0.15) is 11.9 Å². The van der Waals surface area contributed by atoms with Gasteiger partial charge in [-0.25, -0.2) is 4.39 Å². The summed E-state index contributed by atoms with van der Waals surface area (Å²) in [5.74, 6) is -0.190. The molecule has 2 heterocycles. The monoisotopic (exact) mass is 373 g/mol. The van der Waals surface area contributed by atoms with Gasteiger partial charge in [-0.1, -0.05) is 35.9 Å². The Morgan fingerprint density at radius 2 is 2.00 bits per heavy atom. The van der Waals surface area contributed by atoms with E-state index in [0.29, 0.717) is 36.1 Å². The number of morpholine rings is 1. The second-order valence-corrected chi connectivity index (χ2v) is 6.74. The van der Waals surface area contributed by atoms with Crippen molar-refractivity contribution >= 4 is 28.5 Å². The number of furan rings is 1. The fourth-order valence-electron chi connectivity index (χ4n) is 3.27. The van der Waals surface area contributed by atoms with Crippen LogP contribution in [0.2, 0.25) is 5.02 Å². The van der Waals surface area contributed by atoms with Gasteiger partial charge in [-0.15, -0.1) is 0 Å². The first-order chi connectivity index (χ1) is 12.5. The number of amides is 1. The number of halogens is 2. The van der Waals surface area contributed by atoms with Crippen LogP contribution in [0, 0.1) is 12.7 Å². The normalized spacial score (nSPS) is 17.7. The molecule has 1 fully saturated rings. The van der Waals surface area contributed by atoms with E-state index < -0.39 is 0 Å². The minimum absolute atomic E-state index is 0.190. The zero-order chi connectivity index (χ0) is 18.3. The molecule has 1 unspecified atom stereocenters. The van der Waals surface area contributed by atoms with E-state index in [2.05, 4.69) is 0 Å². The predicted molar refractivity (Wildman–Crippen MR) is 97.0 cm³/mol. The average molecular weight is 374 g/mol. The smallest absolute Gasteiger partial charge is 0.290 e. The largest absolute Gasteiger partial charge is 0.449 e. The molecule has 26 heavy (non-hydrogen) atoms. The van der Waals surface area contributed by atoms with Gasteiger partial charge in [-0.2, -0.15) is 0 Å². The Labute approximate surface area is 155 Å². The Balaban J connectivity index is 1.61. The Morgan fingerprint density at radius 3 is 2.73 bits per heavy atom. The molecule has 1 atom stereocenters. The molecule has 1 aromatic heterocycles. The van der Waals surface area contributed by atoms with E-state index in [-0.39, 0.29) is 17.8 Å². The maximum Gasteiger partial charge on any atom is 0.290 e. The molecule has 6 heteroatoms. The number of fused-ring (bicyclic) bond motifs is 1. The van der Waals surface area contributed by atoms with Crippen LogP contribution in [0.3, 0.4) is 0 Å². The molecule has 0 bridgehead atoms. The molecule has 0 saturated carbocycles. The standard InChI is InChI=1S/C20H17ClFNO3/c1-12-15-3-2-4-16(21)19(15)26-18(12)20(24)23-9-10-25-17(11-23)13-5-7-14(22)8-6-13/h2-8,17H,9-11H2,1H3. The van der Waals surface area contributed by atoms with Crippen LogP contribution in [0.5, 0.6) is 0 Å². The number of carbonyl (C=O) groups excluding carboxylic acids is 1. The van der Waals surface area contributed by atoms with Gasteiger partial charge in [-0.05, 0) is 30.7 Å². The highest BCUT2D eigenvalue weighted by Gasteiger charge is 2.29. The molecule has 4 nitrogen and oxygen atoms in total. The highest BCUT2D eigenvalue weighted by atomic mass is 35.5. The number of benzene rings is 2. The van der Waals surface area contributed by atoms with Crippen molar-refractivity contribution in [1.29, 1.82) is 0 Å². The van der Waals surface area contributed by atoms with Gasteiger partial charge in [0.2, 0.25) is 0 Å². The third-order valence-corrected chi connectivity index (χ3v) is 5.00. The van der Waals surface area contributed by atoms with E-state index in [1.54, 1.807) is 23.1 Å². The van der Waals surface area contributed by atoms with Gasteiger partial charge in [0, 0.05) is 17.5 Å². The van der Waals surface area contributed by atoms with Crippen LogP contribution < -0.4 is 0 Å². The first-order valence-electron chi connectivity index (χ1n) is 8.38. The van der Waals surface area contributed by atoms with Crippen LogP contribution in [0.15, 0.2) is 46.9 Å². The van der Waals surface area contributed by atoms with Crippen LogP contribution in [-0.2, 0) is 4.74 Å². The Bertz CT molecular complexity index is 967. The summed E-state index contributed by atoms with van der Waals surface area (Å²) in [5, 5.41) is 1.32. The van der Waals surface area contributed by atoms with Gasteiger partial charge in [-0.3, -0.25) is 4.79 Å². The zero-order valence-corrected chi connectivity index (χ0v) is 14.9. The van der Waals surface area contributed by atoms with Gasteiger partial charge in [0.05, 0.1) is 18.2 Å². The number of carbonyl (C=O) groups is 1. The summed E-state index contributed by atoms with van der Waals surface area (Å²) in [4.78, 5) is 14.7. The lowest BCUT2D eigenvalue weighted by Crippen LogP contribution is -2.42. The van der Waals surface area contributed by atoms with Crippen LogP contribution in [0.4, 0.5) is 4.39 Å². The number of para-hydroxylation sites is 1. The number of rotatable bonds is 2. The molecule has 0 radical (unpaired) electrons. The van der Waals surface area contributed by atoms with E-state index in [1.807, 2.05) is 19.1 Å². The van der Waals surface area contributed by atoms with Gasteiger partial charge >= 0.3 is 0 Å². The predicted octanol–water partition coefficient (Wildman–Crippen LogP) is 4.75. The highest BCUT2D eigenvalue weighted by molar-refractivity contribution is 6.35. The van der Waals surface area contributed by atoms with Crippen molar-refractivity contribution in [1.82, 2.24) is 4.90 Å². The molecular weight excluding hydrogens is 357 g/mol. The van der Waals surface area contributed by atoms with Crippen LogP contribution >= 0.6 is 11.6 Å². The molecule has 0 N–H and O–H groups in total. The van der Waals surface area contributed by atoms with E-state index in [1.165, 1.54) is 12.1 Å². The maximum atomic E-state index is 13.1. The number of hydrogen-bond donors (Lipinski definition) is 0. The lowest BCUT2D eigenvalue weighted by atomic mass is 10.1. The molecule has 1 amide bonds. The molecule has 2 aromatic carbocycles. The fraction of sp³-hybridized carbons (Fsp3) is 0.250. The second kappa shape index (κ2) is 6.74. The topological polar surface area (TPSA) is 42.7 Å². The summed E-state index contributed by atoms with van der Waals surface area (Å²) in [5.41, 5.74) is 2.14. The molecule has 0 aliphatic carbocycles.